The van der Waals surface area contributed by atoms with E-state index < -0.39 is 5.60 Å². The second-order valence-corrected chi connectivity index (χ2v) is 5.71. The summed E-state index contributed by atoms with van der Waals surface area (Å²) in [6.07, 6.45) is 0.376. The molecule has 2 rings (SSSR count). The van der Waals surface area contributed by atoms with Crippen LogP contribution in [0, 0.1) is 0 Å². The Labute approximate surface area is 128 Å². The third-order valence-electron chi connectivity index (χ3n) is 3.50. The maximum Gasteiger partial charge on any atom is 0.147 e. The Morgan fingerprint density at radius 3 is 2.60 bits per heavy atom. The summed E-state index contributed by atoms with van der Waals surface area (Å²) in [7, 11) is 0. The van der Waals surface area contributed by atoms with Gasteiger partial charge in [-0.05, 0) is 19.9 Å². The van der Waals surface area contributed by atoms with Crippen molar-refractivity contribution in [2.45, 2.75) is 32.0 Å². The van der Waals surface area contributed by atoms with E-state index in [-0.39, 0.29) is 6.10 Å². The van der Waals surface area contributed by atoms with Crippen LogP contribution in [0.2, 0.25) is 10.0 Å². The van der Waals surface area contributed by atoms with Crippen LogP contribution in [0.1, 0.15) is 20.3 Å². The Hall–Kier alpha value is -0.750. The maximum atomic E-state index is 10.4. The van der Waals surface area contributed by atoms with Crippen molar-refractivity contribution in [2.24, 2.45) is 0 Å². The van der Waals surface area contributed by atoms with Gasteiger partial charge in [0.15, 0.2) is 0 Å². The molecule has 1 aliphatic rings. The van der Waals surface area contributed by atoms with Crippen LogP contribution in [0.3, 0.4) is 0 Å². The molecule has 5 nitrogen and oxygen atoms in total. The van der Waals surface area contributed by atoms with E-state index in [9.17, 15) is 5.11 Å². The van der Waals surface area contributed by atoms with E-state index >= 15 is 0 Å². The van der Waals surface area contributed by atoms with Gasteiger partial charge in [-0.2, -0.15) is 0 Å². The summed E-state index contributed by atoms with van der Waals surface area (Å²) in [6, 6.07) is 1.63. The zero-order valence-corrected chi connectivity index (χ0v) is 13.1. The lowest BCUT2D eigenvalue weighted by Crippen LogP contribution is -2.43. The fourth-order valence-electron chi connectivity index (χ4n) is 2.12. The van der Waals surface area contributed by atoms with Gasteiger partial charge in [-0.25, -0.2) is 4.98 Å². The van der Waals surface area contributed by atoms with Crippen LogP contribution in [0.5, 0.6) is 0 Å². The minimum Gasteiger partial charge on any atom is -0.385 e. The minimum atomic E-state index is -0.900. The molecule has 1 aromatic heterocycles. The van der Waals surface area contributed by atoms with Gasteiger partial charge >= 0.3 is 0 Å². The fraction of sp³-hybridized carbons (Fsp3) is 0.615. The number of hydrogen-bond donors (Lipinski definition) is 3. The van der Waals surface area contributed by atoms with Gasteiger partial charge in [-0.3, -0.25) is 0 Å². The highest BCUT2D eigenvalue weighted by Crippen LogP contribution is 2.31. The Balaban J connectivity index is 2.11. The molecular weight excluding hydrogens is 301 g/mol. The Morgan fingerprint density at radius 1 is 1.40 bits per heavy atom. The normalized spacial score (nSPS) is 25.8. The van der Waals surface area contributed by atoms with E-state index in [4.69, 9.17) is 27.9 Å². The summed E-state index contributed by atoms with van der Waals surface area (Å²) in [4.78, 5) is 4.34. The van der Waals surface area contributed by atoms with E-state index in [1.165, 1.54) is 0 Å². The van der Waals surface area contributed by atoms with Crippen LogP contribution in [0.15, 0.2) is 6.07 Å². The summed E-state index contributed by atoms with van der Waals surface area (Å²) in [5.74, 6) is 1.07. The highest BCUT2D eigenvalue weighted by Gasteiger charge is 2.39. The van der Waals surface area contributed by atoms with Gasteiger partial charge in [-0.15, -0.1) is 0 Å². The highest BCUT2D eigenvalue weighted by atomic mass is 35.5. The lowest BCUT2D eigenvalue weighted by molar-refractivity contribution is -0.0176. The van der Waals surface area contributed by atoms with Crippen LogP contribution in [0.4, 0.5) is 11.6 Å². The Morgan fingerprint density at radius 2 is 2.05 bits per heavy atom. The van der Waals surface area contributed by atoms with Crippen LogP contribution in [0.25, 0.3) is 0 Å². The molecule has 0 aliphatic carbocycles. The molecule has 1 aliphatic heterocycles. The van der Waals surface area contributed by atoms with Gasteiger partial charge in [-0.1, -0.05) is 23.2 Å². The topological polar surface area (TPSA) is 66.4 Å². The first-order valence-corrected chi connectivity index (χ1v) is 7.39. The Bertz CT molecular complexity index is 487. The first kappa shape index (κ1) is 15.6. The molecule has 2 heterocycles. The molecular formula is C13H19Cl2N3O2. The number of nitrogens with one attached hydrogen (secondary N) is 2. The number of rotatable bonds is 5. The van der Waals surface area contributed by atoms with Gasteiger partial charge in [0.1, 0.15) is 17.2 Å². The van der Waals surface area contributed by atoms with Gasteiger partial charge in [0.2, 0.25) is 0 Å². The maximum absolute atomic E-state index is 10.4. The lowest BCUT2D eigenvalue weighted by Gasteiger charge is -2.26. The van der Waals surface area contributed by atoms with E-state index in [0.29, 0.717) is 47.8 Å². The number of hydrogen-bond acceptors (Lipinski definition) is 5. The molecule has 112 valence electrons. The standard InChI is InChI=1S/C13H19Cl2N3O2/c1-3-16-11-9(14)6-10(15)12(18-11)17-7-13(19)4-5-20-8(13)2/h6,8,19H,3-5,7H2,1-2H3,(H2,16,17,18). The van der Waals surface area contributed by atoms with Crippen molar-refractivity contribution in [3.8, 4) is 0 Å². The number of aliphatic hydroxyl groups is 1. The molecule has 2 unspecified atom stereocenters. The Kier molecular flexibility index (Phi) is 4.96. The largest absolute Gasteiger partial charge is 0.385 e. The smallest absolute Gasteiger partial charge is 0.147 e. The number of pyridine rings is 1. The average Bonchev–Trinajstić information content (AvgIpc) is 2.72. The molecule has 0 aromatic carbocycles. The number of aromatic nitrogens is 1. The van der Waals surface area contributed by atoms with Crippen molar-refractivity contribution in [1.29, 1.82) is 0 Å². The predicted molar refractivity (Wildman–Crippen MR) is 81.9 cm³/mol. The monoisotopic (exact) mass is 319 g/mol. The van der Waals surface area contributed by atoms with Gasteiger partial charge in [0.25, 0.3) is 0 Å². The van der Waals surface area contributed by atoms with Gasteiger partial charge < -0.3 is 20.5 Å². The van der Waals surface area contributed by atoms with Crippen molar-refractivity contribution in [2.75, 3.05) is 30.3 Å². The number of halogens is 2. The van der Waals surface area contributed by atoms with Crippen LogP contribution in [-0.4, -0.2) is 41.5 Å². The first-order valence-electron chi connectivity index (χ1n) is 6.64. The molecule has 1 aromatic rings. The number of nitrogens with zero attached hydrogens (tertiary/aromatic N) is 1. The van der Waals surface area contributed by atoms with E-state index in [2.05, 4.69) is 15.6 Å². The molecule has 7 heteroatoms. The van der Waals surface area contributed by atoms with Crippen molar-refractivity contribution in [3.63, 3.8) is 0 Å². The summed E-state index contributed by atoms with van der Waals surface area (Å²) in [6.45, 7) is 5.41. The van der Waals surface area contributed by atoms with Crippen LogP contribution >= 0.6 is 23.2 Å². The van der Waals surface area contributed by atoms with Gasteiger partial charge in [0.05, 0.1) is 16.1 Å². The third kappa shape index (κ3) is 3.28. The lowest BCUT2D eigenvalue weighted by atomic mass is 9.97. The fourth-order valence-corrected chi connectivity index (χ4v) is 2.61. The molecule has 20 heavy (non-hydrogen) atoms. The van der Waals surface area contributed by atoms with E-state index in [1.54, 1.807) is 6.07 Å². The first-order chi connectivity index (χ1) is 9.46. The number of ether oxygens (including phenoxy) is 1. The molecule has 0 saturated carbocycles. The SMILES string of the molecule is CCNc1nc(NCC2(O)CCOC2C)c(Cl)cc1Cl. The molecule has 0 spiro atoms. The molecule has 0 amide bonds. The predicted octanol–water partition coefficient (Wildman–Crippen LogP) is 2.77. The third-order valence-corrected chi connectivity index (χ3v) is 4.07. The van der Waals surface area contributed by atoms with E-state index in [1.807, 2.05) is 13.8 Å². The molecule has 1 fully saturated rings. The summed E-state index contributed by atoms with van der Waals surface area (Å²) < 4.78 is 5.39. The van der Waals surface area contributed by atoms with Crippen molar-refractivity contribution in [3.05, 3.63) is 16.1 Å². The van der Waals surface area contributed by atoms with Crippen LogP contribution in [-0.2, 0) is 4.74 Å². The zero-order valence-electron chi connectivity index (χ0n) is 11.5. The second kappa shape index (κ2) is 6.35. The second-order valence-electron chi connectivity index (χ2n) is 4.90. The molecule has 0 bridgehead atoms. The van der Waals surface area contributed by atoms with E-state index in [0.717, 1.165) is 0 Å². The van der Waals surface area contributed by atoms with Crippen LogP contribution < -0.4 is 10.6 Å². The highest BCUT2D eigenvalue weighted by molar-refractivity contribution is 6.37. The number of anilines is 2. The quantitative estimate of drug-likeness (QED) is 0.778. The zero-order chi connectivity index (χ0) is 14.8. The summed E-state index contributed by atoms with van der Waals surface area (Å²) >= 11 is 12.2. The van der Waals surface area contributed by atoms with Gasteiger partial charge in [0, 0.05) is 26.1 Å². The average molecular weight is 320 g/mol. The molecule has 0 radical (unpaired) electrons. The van der Waals surface area contributed by atoms with Crippen molar-refractivity contribution in [1.82, 2.24) is 4.98 Å². The molecule has 3 N–H and O–H groups in total. The molecule has 2 atom stereocenters. The van der Waals surface area contributed by atoms with Crippen molar-refractivity contribution < 1.29 is 9.84 Å². The molecule has 1 saturated heterocycles. The minimum absolute atomic E-state index is 0.214. The summed E-state index contributed by atoms with van der Waals surface area (Å²) in [5, 5.41) is 17.5. The van der Waals surface area contributed by atoms with Crippen molar-refractivity contribution >= 4 is 34.8 Å². The summed E-state index contributed by atoms with van der Waals surface area (Å²) in [5.41, 5.74) is -0.900.